The van der Waals surface area contributed by atoms with E-state index < -0.39 is 5.56 Å². The van der Waals surface area contributed by atoms with E-state index in [0.717, 1.165) is 28.1 Å². The number of carbonyl (C=O) groups excluding carboxylic acids is 1. The average Bonchev–Trinajstić information content (AvgIpc) is 3.23. The normalized spacial score (nSPS) is 10.6. The van der Waals surface area contributed by atoms with E-state index in [1.807, 2.05) is 30.3 Å². The third-order valence-electron chi connectivity index (χ3n) is 4.83. The van der Waals surface area contributed by atoms with Gasteiger partial charge in [0.15, 0.2) is 10.9 Å². The number of aryl methyl sites for hydroxylation is 1. The zero-order chi connectivity index (χ0) is 24.2. The number of nitrogens with zero attached hydrogens (tertiary/aromatic N) is 3. The van der Waals surface area contributed by atoms with Gasteiger partial charge in [-0.25, -0.2) is 9.97 Å². The number of thioether (sulfide) groups is 1. The summed E-state index contributed by atoms with van der Waals surface area (Å²) in [6.07, 6.45) is 0. The van der Waals surface area contributed by atoms with E-state index in [-0.39, 0.29) is 27.9 Å². The first-order chi connectivity index (χ1) is 16.4. The van der Waals surface area contributed by atoms with Gasteiger partial charge in [0, 0.05) is 16.1 Å². The van der Waals surface area contributed by atoms with E-state index in [0.29, 0.717) is 21.2 Å². The van der Waals surface area contributed by atoms with Crippen molar-refractivity contribution in [3.63, 3.8) is 0 Å². The summed E-state index contributed by atoms with van der Waals surface area (Å²) in [7, 11) is 1.60. The topological polar surface area (TPSA) is 109 Å². The van der Waals surface area contributed by atoms with Gasteiger partial charge in [-0.2, -0.15) is 5.26 Å². The second kappa shape index (κ2) is 10.2. The highest BCUT2D eigenvalue weighted by Gasteiger charge is 2.19. The highest BCUT2D eigenvalue weighted by Crippen LogP contribution is 2.31. The van der Waals surface area contributed by atoms with Crippen LogP contribution in [0.5, 0.6) is 5.75 Å². The predicted molar refractivity (Wildman–Crippen MR) is 134 cm³/mol. The molecule has 0 aliphatic rings. The third kappa shape index (κ3) is 5.04. The first-order valence-electron chi connectivity index (χ1n) is 9.97. The summed E-state index contributed by atoms with van der Waals surface area (Å²) in [5.41, 5.74) is 1.62. The molecule has 0 unspecified atom stereocenters. The highest BCUT2D eigenvalue weighted by molar-refractivity contribution is 7.99. The first kappa shape index (κ1) is 23.7. The predicted octanol–water partition coefficient (Wildman–Crippen LogP) is 5.38. The highest BCUT2D eigenvalue weighted by atomic mass is 35.5. The molecular weight excluding hydrogens is 492 g/mol. The Morgan fingerprint density at radius 1 is 1.21 bits per heavy atom. The number of ketones is 1. The molecule has 2 heterocycles. The minimum atomic E-state index is -0.571. The van der Waals surface area contributed by atoms with Gasteiger partial charge in [-0.1, -0.05) is 35.5 Å². The summed E-state index contributed by atoms with van der Waals surface area (Å²) in [5.74, 6) is 0.663. The fraction of sp³-hybridized carbons (Fsp3) is 0.125. The van der Waals surface area contributed by atoms with Crippen molar-refractivity contribution in [2.45, 2.75) is 12.1 Å². The van der Waals surface area contributed by atoms with Gasteiger partial charge in [-0.05, 0) is 43.3 Å². The molecule has 7 nitrogen and oxygen atoms in total. The van der Waals surface area contributed by atoms with Crippen molar-refractivity contribution >= 4 is 40.5 Å². The number of aromatic amines is 1. The van der Waals surface area contributed by atoms with Gasteiger partial charge in [-0.3, -0.25) is 9.59 Å². The molecular formula is C24H17ClN4O3S2. The van der Waals surface area contributed by atoms with Crippen LogP contribution in [0.1, 0.15) is 20.9 Å². The van der Waals surface area contributed by atoms with Crippen molar-refractivity contribution in [1.82, 2.24) is 15.0 Å². The molecule has 34 heavy (non-hydrogen) atoms. The van der Waals surface area contributed by atoms with Crippen LogP contribution >= 0.6 is 34.7 Å². The van der Waals surface area contributed by atoms with Gasteiger partial charge < -0.3 is 9.72 Å². The summed E-state index contributed by atoms with van der Waals surface area (Å²) in [4.78, 5) is 37.5. The Balaban J connectivity index is 1.56. The number of benzene rings is 2. The van der Waals surface area contributed by atoms with Gasteiger partial charge in [0.1, 0.15) is 22.4 Å². The molecule has 0 amide bonds. The monoisotopic (exact) mass is 508 g/mol. The molecule has 170 valence electrons. The summed E-state index contributed by atoms with van der Waals surface area (Å²) in [5, 5.41) is 10.9. The first-order valence-corrected chi connectivity index (χ1v) is 12.2. The van der Waals surface area contributed by atoms with Crippen LogP contribution in [0.25, 0.3) is 21.8 Å². The molecule has 0 saturated carbocycles. The Kier molecular flexibility index (Phi) is 7.12. The number of Topliss-reactive ketones (excluding diaryl/α,β-unsaturated/α-hetero) is 1. The maximum absolute atomic E-state index is 12.9. The minimum absolute atomic E-state index is 0.0505. The second-order valence-electron chi connectivity index (χ2n) is 7.09. The van der Waals surface area contributed by atoms with Crippen LogP contribution in [0.15, 0.2) is 58.5 Å². The molecule has 0 radical (unpaired) electrons. The molecule has 0 aliphatic heterocycles. The van der Waals surface area contributed by atoms with Gasteiger partial charge >= 0.3 is 0 Å². The molecule has 0 aliphatic carbocycles. The number of thiazole rings is 1. The molecule has 2 aromatic carbocycles. The van der Waals surface area contributed by atoms with Gasteiger partial charge in [0.2, 0.25) is 0 Å². The maximum Gasteiger partial charge on any atom is 0.270 e. The summed E-state index contributed by atoms with van der Waals surface area (Å²) in [6.45, 7) is 1.79. The minimum Gasteiger partial charge on any atom is -0.497 e. The lowest BCUT2D eigenvalue weighted by atomic mass is 10.1. The fourth-order valence-corrected chi connectivity index (χ4v) is 5.20. The number of nitrogens with one attached hydrogen (secondary N) is 1. The van der Waals surface area contributed by atoms with Crippen molar-refractivity contribution in [2.75, 3.05) is 12.9 Å². The lowest BCUT2D eigenvalue weighted by molar-refractivity contribution is 0.102. The van der Waals surface area contributed by atoms with Crippen molar-refractivity contribution in [3.8, 4) is 33.6 Å². The standard InChI is InChI=1S/C24H17ClN4O3S2/c1-13-21(34-23(27-13)14-6-8-17(32-2)9-7-14)19(30)12-33-24-28-20(18(11-26)22(31)29-24)15-4-3-5-16(25)10-15/h3-10H,12H2,1-2H3,(H,28,29,31). The Morgan fingerprint density at radius 2 is 1.97 bits per heavy atom. The lowest BCUT2D eigenvalue weighted by Gasteiger charge is -2.06. The summed E-state index contributed by atoms with van der Waals surface area (Å²) < 4.78 is 5.18. The number of aromatic nitrogens is 3. The molecule has 4 rings (SSSR count). The summed E-state index contributed by atoms with van der Waals surface area (Å²) >= 11 is 8.47. The van der Waals surface area contributed by atoms with E-state index >= 15 is 0 Å². The molecule has 0 saturated heterocycles. The quantitative estimate of drug-likeness (QED) is 0.203. The number of H-pyrrole nitrogens is 1. The van der Waals surface area contributed by atoms with Crippen molar-refractivity contribution in [3.05, 3.63) is 80.0 Å². The maximum atomic E-state index is 12.9. The zero-order valence-electron chi connectivity index (χ0n) is 18.1. The molecule has 10 heteroatoms. The molecule has 0 fully saturated rings. The van der Waals surface area contributed by atoms with Gasteiger partial charge in [0.05, 0.1) is 29.1 Å². The number of nitriles is 1. The number of halogens is 1. The Hall–Kier alpha value is -3.45. The molecule has 4 aromatic rings. The number of hydrogen-bond donors (Lipinski definition) is 1. The molecule has 0 bridgehead atoms. The van der Waals surface area contributed by atoms with E-state index in [1.54, 1.807) is 38.3 Å². The van der Waals surface area contributed by atoms with Gasteiger partial charge in [-0.15, -0.1) is 11.3 Å². The average molecular weight is 509 g/mol. The van der Waals surface area contributed by atoms with E-state index in [4.69, 9.17) is 16.3 Å². The number of hydrogen-bond acceptors (Lipinski definition) is 8. The molecule has 1 N–H and O–H groups in total. The SMILES string of the molecule is COc1ccc(-c2nc(C)c(C(=O)CSc3nc(-c4cccc(Cl)c4)c(C#N)c(=O)[nH]3)s2)cc1. The van der Waals surface area contributed by atoms with E-state index in [2.05, 4.69) is 15.0 Å². The zero-order valence-corrected chi connectivity index (χ0v) is 20.5. The third-order valence-corrected chi connectivity index (χ3v) is 7.19. The van der Waals surface area contributed by atoms with Crippen molar-refractivity contribution in [1.29, 1.82) is 5.26 Å². The van der Waals surface area contributed by atoms with E-state index in [1.165, 1.54) is 11.3 Å². The smallest absolute Gasteiger partial charge is 0.270 e. The van der Waals surface area contributed by atoms with Crippen LogP contribution in [-0.2, 0) is 0 Å². The second-order valence-corrected chi connectivity index (χ2v) is 9.49. The summed E-state index contributed by atoms with van der Waals surface area (Å²) in [6, 6.07) is 16.1. The number of methoxy groups -OCH3 is 1. The van der Waals surface area contributed by atoms with Crippen LogP contribution in [0.4, 0.5) is 0 Å². The Bertz CT molecular complexity index is 1470. The Morgan fingerprint density at radius 3 is 2.65 bits per heavy atom. The Labute approximate surface area is 208 Å². The van der Waals surface area contributed by atoms with Crippen LogP contribution < -0.4 is 10.3 Å². The van der Waals surface area contributed by atoms with Crippen LogP contribution in [0.2, 0.25) is 5.02 Å². The molecule has 0 spiro atoms. The molecule has 2 aromatic heterocycles. The molecule has 0 atom stereocenters. The lowest BCUT2D eigenvalue weighted by Crippen LogP contribution is -2.15. The fourth-order valence-electron chi connectivity index (χ4n) is 3.18. The van der Waals surface area contributed by atoms with Crippen LogP contribution in [0, 0.1) is 18.3 Å². The number of carbonyl (C=O) groups is 1. The van der Waals surface area contributed by atoms with Crippen molar-refractivity contribution in [2.24, 2.45) is 0 Å². The number of rotatable bonds is 7. The van der Waals surface area contributed by atoms with Crippen LogP contribution in [-0.4, -0.2) is 33.6 Å². The largest absolute Gasteiger partial charge is 0.497 e. The number of ether oxygens (including phenoxy) is 1. The van der Waals surface area contributed by atoms with E-state index in [9.17, 15) is 14.9 Å². The van der Waals surface area contributed by atoms with Crippen molar-refractivity contribution < 1.29 is 9.53 Å². The van der Waals surface area contributed by atoms with Gasteiger partial charge in [0.25, 0.3) is 5.56 Å². The van der Waals surface area contributed by atoms with Crippen LogP contribution in [0.3, 0.4) is 0 Å².